The first-order valence-corrected chi connectivity index (χ1v) is 11.2. The number of guanidine groups is 1. The van der Waals surface area contributed by atoms with E-state index in [1.807, 2.05) is 0 Å². The van der Waals surface area contributed by atoms with E-state index in [4.69, 9.17) is 4.74 Å². The normalized spacial score (nSPS) is 17.9. The molecule has 2 aliphatic rings. The molecule has 0 aliphatic carbocycles. The number of carbonyl (C=O) groups excluding carboxylic acids is 2. The van der Waals surface area contributed by atoms with Gasteiger partial charge in [0.15, 0.2) is 5.96 Å². The molecule has 1 saturated heterocycles. The van der Waals surface area contributed by atoms with E-state index in [0.29, 0.717) is 29.6 Å². The van der Waals surface area contributed by atoms with Gasteiger partial charge in [-0.1, -0.05) is 26.0 Å². The van der Waals surface area contributed by atoms with Crippen LogP contribution >= 0.6 is 24.0 Å². The third-order valence-electron chi connectivity index (χ3n) is 5.97. The van der Waals surface area contributed by atoms with Crippen LogP contribution in [-0.2, 0) is 4.74 Å². The summed E-state index contributed by atoms with van der Waals surface area (Å²) in [5.74, 6) is 0.936. The molecule has 0 aromatic heterocycles. The number of rotatable bonds is 9. The van der Waals surface area contributed by atoms with Gasteiger partial charge in [-0.15, -0.1) is 24.0 Å². The van der Waals surface area contributed by atoms with Crippen molar-refractivity contribution >= 4 is 41.8 Å². The van der Waals surface area contributed by atoms with E-state index in [1.165, 1.54) is 4.90 Å². The number of nitrogens with one attached hydrogen (secondary N) is 2. The zero-order valence-corrected chi connectivity index (χ0v) is 21.6. The molecule has 32 heavy (non-hydrogen) atoms. The molecule has 1 aromatic rings. The number of nitrogens with zero attached hydrogens (tertiary/aromatic N) is 3. The van der Waals surface area contributed by atoms with E-state index in [9.17, 15) is 9.59 Å². The first-order valence-electron chi connectivity index (χ1n) is 11.2. The van der Waals surface area contributed by atoms with Crippen molar-refractivity contribution in [3.8, 4) is 0 Å². The van der Waals surface area contributed by atoms with Gasteiger partial charge < -0.3 is 15.4 Å². The maximum atomic E-state index is 12.4. The number of hydrogen-bond donors (Lipinski definition) is 2. The minimum Gasteiger partial charge on any atom is -0.379 e. The van der Waals surface area contributed by atoms with Gasteiger partial charge in [-0.05, 0) is 30.9 Å². The lowest BCUT2D eigenvalue weighted by Gasteiger charge is -2.37. The van der Waals surface area contributed by atoms with E-state index in [0.717, 1.165) is 58.2 Å². The van der Waals surface area contributed by atoms with Crippen LogP contribution < -0.4 is 10.6 Å². The van der Waals surface area contributed by atoms with Crippen LogP contribution in [0.5, 0.6) is 0 Å². The molecule has 2 N–H and O–H groups in total. The molecule has 178 valence electrons. The molecule has 3 rings (SSSR count). The molecule has 1 fully saturated rings. The lowest BCUT2D eigenvalue weighted by atomic mass is 10.0. The topological polar surface area (TPSA) is 86.3 Å². The number of morpholine rings is 1. The Labute approximate surface area is 208 Å². The number of amides is 2. The van der Waals surface area contributed by atoms with Gasteiger partial charge in [0.2, 0.25) is 0 Å². The Balaban J connectivity index is 0.00000363. The molecule has 0 saturated carbocycles. The Morgan fingerprint density at radius 3 is 2.25 bits per heavy atom. The summed E-state index contributed by atoms with van der Waals surface area (Å²) in [4.78, 5) is 33.0. The van der Waals surface area contributed by atoms with E-state index < -0.39 is 0 Å². The zero-order chi connectivity index (χ0) is 22.2. The van der Waals surface area contributed by atoms with E-state index in [2.05, 4.69) is 34.4 Å². The molecule has 2 heterocycles. The summed E-state index contributed by atoms with van der Waals surface area (Å²) >= 11 is 0. The molecule has 9 heteroatoms. The van der Waals surface area contributed by atoms with Gasteiger partial charge in [0.1, 0.15) is 0 Å². The van der Waals surface area contributed by atoms with Crippen molar-refractivity contribution < 1.29 is 14.3 Å². The second-order valence-corrected chi connectivity index (χ2v) is 8.35. The highest BCUT2D eigenvalue weighted by molar-refractivity contribution is 14.0. The highest BCUT2D eigenvalue weighted by atomic mass is 127. The molecule has 1 aromatic carbocycles. The van der Waals surface area contributed by atoms with Crippen molar-refractivity contribution in [3.63, 3.8) is 0 Å². The molecule has 2 aliphatic heterocycles. The summed E-state index contributed by atoms with van der Waals surface area (Å²) in [5.41, 5.74) is 1.02. The molecule has 0 spiro atoms. The monoisotopic (exact) mass is 557 g/mol. The Morgan fingerprint density at radius 1 is 1.06 bits per heavy atom. The highest BCUT2D eigenvalue weighted by Crippen LogP contribution is 2.22. The van der Waals surface area contributed by atoms with Crippen molar-refractivity contribution in [2.24, 2.45) is 10.9 Å². The van der Waals surface area contributed by atoms with Gasteiger partial charge in [-0.3, -0.25) is 24.4 Å². The SMILES string of the molecule is CN=C(NCCCCN1C(=O)c2ccccc2C1=O)NCC(C(C)C)N1CCOCC1.I. The maximum absolute atomic E-state index is 12.4. The first-order chi connectivity index (χ1) is 15.0. The van der Waals surface area contributed by atoms with Crippen molar-refractivity contribution in [1.29, 1.82) is 0 Å². The Morgan fingerprint density at radius 2 is 1.69 bits per heavy atom. The summed E-state index contributed by atoms with van der Waals surface area (Å²) in [6.45, 7) is 10.0. The fourth-order valence-electron chi connectivity index (χ4n) is 4.16. The van der Waals surface area contributed by atoms with Gasteiger partial charge in [-0.2, -0.15) is 0 Å². The molecule has 1 atom stereocenters. The third kappa shape index (κ3) is 6.64. The number of benzene rings is 1. The number of aliphatic imine (C=N–C) groups is 1. The second-order valence-electron chi connectivity index (χ2n) is 8.35. The summed E-state index contributed by atoms with van der Waals surface area (Å²) in [6, 6.07) is 7.44. The van der Waals surface area contributed by atoms with Gasteiger partial charge in [-0.25, -0.2) is 0 Å². The van der Waals surface area contributed by atoms with Gasteiger partial charge in [0, 0.05) is 45.8 Å². The number of imide groups is 1. The van der Waals surface area contributed by atoms with Crippen LogP contribution in [0.2, 0.25) is 0 Å². The van der Waals surface area contributed by atoms with Gasteiger partial charge >= 0.3 is 0 Å². The molecule has 2 amide bonds. The molecular weight excluding hydrogens is 521 g/mol. The summed E-state index contributed by atoms with van der Waals surface area (Å²) in [6.07, 6.45) is 1.59. The smallest absolute Gasteiger partial charge is 0.261 e. The van der Waals surface area contributed by atoms with Gasteiger partial charge in [0.25, 0.3) is 11.8 Å². The number of unbranched alkanes of at least 4 members (excludes halogenated alkanes) is 1. The number of ether oxygens (including phenoxy) is 1. The average Bonchev–Trinajstić information content (AvgIpc) is 3.03. The van der Waals surface area contributed by atoms with Crippen LogP contribution in [0.3, 0.4) is 0 Å². The summed E-state index contributed by atoms with van der Waals surface area (Å²) in [7, 11) is 1.77. The highest BCUT2D eigenvalue weighted by Gasteiger charge is 2.34. The van der Waals surface area contributed by atoms with E-state index in [1.54, 1.807) is 31.3 Å². The number of hydrogen-bond acceptors (Lipinski definition) is 5. The lowest BCUT2D eigenvalue weighted by molar-refractivity contribution is 0.00752. The quantitative estimate of drug-likeness (QED) is 0.159. The van der Waals surface area contributed by atoms with Crippen LogP contribution in [0.25, 0.3) is 0 Å². The summed E-state index contributed by atoms with van der Waals surface area (Å²) in [5, 5.41) is 6.78. The number of fused-ring (bicyclic) bond motifs is 1. The van der Waals surface area contributed by atoms with Crippen molar-refractivity contribution in [1.82, 2.24) is 20.4 Å². The van der Waals surface area contributed by atoms with Crippen molar-refractivity contribution in [2.45, 2.75) is 32.7 Å². The average molecular weight is 557 g/mol. The third-order valence-corrected chi connectivity index (χ3v) is 5.97. The Hall–Kier alpha value is -1.72. The zero-order valence-electron chi connectivity index (χ0n) is 19.3. The largest absolute Gasteiger partial charge is 0.379 e. The fraction of sp³-hybridized carbons (Fsp3) is 0.609. The standard InChI is InChI=1S/C23H35N5O3.HI/c1-17(2)20(27-12-14-31-15-13-27)16-26-23(24-3)25-10-6-7-11-28-21(29)18-8-4-5-9-19(18)22(28)30;/h4-5,8-9,17,20H,6-7,10-16H2,1-3H3,(H2,24,25,26);1H. The maximum Gasteiger partial charge on any atom is 0.261 e. The molecule has 1 unspecified atom stereocenters. The molecule has 0 bridgehead atoms. The Bertz CT molecular complexity index is 761. The van der Waals surface area contributed by atoms with Crippen LogP contribution in [-0.4, -0.2) is 86.6 Å². The molecular formula is C23H36IN5O3. The first kappa shape index (κ1) is 26.5. The van der Waals surface area contributed by atoms with Gasteiger partial charge in [0.05, 0.1) is 24.3 Å². The number of carbonyl (C=O) groups is 2. The van der Waals surface area contributed by atoms with Crippen LogP contribution in [0.1, 0.15) is 47.4 Å². The predicted octanol–water partition coefficient (Wildman–Crippen LogP) is 2.20. The second kappa shape index (κ2) is 13.1. The van der Waals surface area contributed by atoms with Crippen LogP contribution in [0.15, 0.2) is 29.3 Å². The molecule has 8 nitrogen and oxygen atoms in total. The van der Waals surface area contributed by atoms with Crippen molar-refractivity contribution in [2.75, 3.05) is 53.0 Å². The minimum absolute atomic E-state index is 0. The van der Waals surface area contributed by atoms with E-state index >= 15 is 0 Å². The fourth-order valence-corrected chi connectivity index (χ4v) is 4.16. The predicted molar refractivity (Wildman–Crippen MR) is 137 cm³/mol. The molecule has 0 radical (unpaired) electrons. The minimum atomic E-state index is -0.186. The van der Waals surface area contributed by atoms with Crippen molar-refractivity contribution in [3.05, 3.63) is 35.4 Å². The van der Waals surface area contributed by atoms with Crippen LogP contribution in [0, 0.1) is 5.92 Å². The summed E-state index contributed by atoms with van der Waals surface area (Å²) < 4.78 is 5.48. The van der Waals surface area contributed by atoms with Crippen LogP contribution in [0.4, 0.5) is 0 Å². The van der Waals surface area contributed by atoms with E-state index in [-0.39, 0.29) is 35.8 Å². The Kier molecular flexibility index (Phi) is 10.9. The number of halogens is 1. The lowest BCUT2D eigenvalue weighted by Crippen LogP contribution is -2.52.